The lowest BCUT2D eigenvalue weighted by molar-refractivity contribution is -0.113. The lowest BCUT2D eigenvalue weighted by Gasteiger charge is -2.27. The van der Waals surface area contributed by atoms with Gasteiger partial charge < -0.3 is 19.3 Å². The summed E-state index contributed by atoms with van der Waals surface area (Å²) in [6.45, 7) is 0. The predicted molar refractivity (Wildman–Crippen MR) is 128 cm³/mol. The summed E-state index contributed by atoms with van der Waals surface area (Å²) >= 11 is 13.1. The largest absolute Gasteiger partial charge is 0.505 e. The molecule has 33 heavy (non-hydrogen) atoms. The van der Waals surface area contributed by atoms with Crippen molar-refractivity contribution in [3.63, 3.8) is 0 Å². The van der Waals surface area contributed by atoms with Crippen molar-refractivity contribution in [1.82, 2.24) is 9.46 Å². The Bertz CT molecular complexity index is 1370. The first-order valence-corrected chi connectivity index (χ1v) is 12.8. The molecule has 12 heteroatoms. The zero-order valence-electron chi connectivity index (χ0n) is 17.1. The molecule has 0 atom stereocenters. The van der Waals surface area contributed by atoms with Crippen LogP contribution in [0, 0.1) is 0 Å². The Labute approximate surface area is 204 Å². The van der Waals surface area contributed by atoms with E-state index in [2.05, 4.69) is 10.5 Å². The molecular formula is C21H17Cl2N3O5S2. The number of carbonyl (C=O) groups excluding carboxylic acids is 1. The highest BCUT2D eigenvalue weighted by atomic mass is 35.5. The molecule has 0 unspecified atom stereocenters. The Morgan fingerprint density at radius 1 is 1.15 bits per heavy atom. The van der Waals surface area contributed by atoms with Gasteiger partial charge in [0, 0.05) is 23.6 Å². The van der Waals surface area contributed by atoms with Crippen LogP contribution in [0.15, 0.2) is 63.6 Å². The summed E-state index contributed by atoms with van der Waals surface area (Å²) in [5.41, 5.74) is 1.06. The number of likely N-dealkylation sites (N-methyl/N-ethyl adjacent to an activating group) is 1. The van der Waals surface area contributed by atoms with Gasteiger partial charge in [-0.15, -0.1) is 0 Å². The topological polar surface area (TPSA) is 113 Å². The van der Waals surface area contributed by atoms with E-state index in [1.165, 1.54) is 34.5 Å². The van der Waals surface area contributed by atoms with E-state index in [1.54, 1.807) is 25.2 Å². The molecule has 0 saturated carbocycles. The average molecular weight is 526 g/mol. The minimum absolute atomic E-state index is 0.0253. The van der Waals surface area contributed by atoms with Crippen molar-refractivity contribution in [2.45, 2.75) is 16.4 Å². The van der Waals surface area contributed by atoms with Gasteiger partial charge >= 0.3 is 0 Å². The van der Waals surface area contributed by atoms with E-state index in [-0.39, 0.29) is 33.8 Å². The number of carbonyl (C=O) groups is 1. The number of nitrogens with zero attached hydrogens (tertiary/aromatic N) is 2. The number of aliphatic hydroxyl groups is 1. The van der Waals surface area contributed by atoms with Gasteiger partial charge in [0.05, 0.1) is 15.8 Å². The monoisotopic (exact) mass is 525 g/mol. The molecular weight excluding hydrogens is 509 g/mol. The van der Waals surface area contributed by atoms with Crippen LogP contribution < -0.4 is 5.32 Å². The molecule has 1 aliphatic heterocycles. The maximum atomic E-state index is 12.8. The minimum atomic E-state index is -3.61. The number of fused-ring (bicyclic) bond motifs is 1. The number of hydrogen-bond acceptors (Lipinski definition) is 8. The van der Waals surface area contributed by atoms with Gasteiger partial charge in [0.2, 0.25) is 0 Å². The highest BCUT2D eigenvalue weighted by Gasteiger charge is 2.29. The first-order valence-electron chi connectivity index (χ1n) is 9.48. The van der Waals surface area contributed by atoms with Crippen LogP contribution in [0.2, 0.25) is 10.0 Å². The zero-order chi connectivity index (χ0) is 23.8. The molecule has 0 spiro atoms. The molecule has 0 radical (unpaired) electrons. The lowest BCUT2D eigenvalue weighted by atomic mass is 10.1. The fraction of sp³-hybridized carbons (Fsp3) is 0.143. The van der Waals surface area contributed by atoms with Crippen molar-refractivity contribution in [2.24, 2.45) is 0 Å². The van der Waals surface area contributed by atoms with E-state index in [4.69, 9.17) is 27.7 Å². The smallest absolute Gasteiger partial charge is 0.277 e. The molecule has 0 aliphatic carbocycles. The van der Waals surface area contributed by atoms with Gasteiger partial charge in [0.1, 0.15) is 5.75 Å². The number of sulfone groups is 1. The van der Waals surface area contributed by atoms with Crippen LogP contribution >= 0.6 is 35.1 Å². The summed E-state index contributed by atoms with van der Waals surface area (Å²) in [6, 6.07) is 13.1. The van der Waals surface area contributed by atoms with E-state index in [0.29, 0.717) is 16.1 Å². The number of aliphatic hydroxyl groups excluding tert-OH is 1. The molecule has 3 aromatic rings. The molecule has 2 N–H and O–H groups in total. The van der Waals surface area contributed by atoms with Gasteiger partial charge in [-0.25, -0.2) is 8.42 Å². The van der Waals surface area contributed by atoms with Gasteiger partial charge in [-0.1, -0.05) is 46.6 Å². The fourth-order valence-electron chi connectivity index (χ4n) is 3.23. The molecule has 0 fully saturated rings. The van der Waals surface area contributed by atoms with Crippen LogP contribution in [0.3, 0.4) is 0 Å². The maximum absolute atomic E-state index is 12.8. The van der Waals surface area contributed by atoms with Gasteiger partial charge in [-0.3, -0.25) is 4.79 Å². The normalized spacial score (nSPS) is 13.7. The highest BCUT2D eigenvalue weighted by Crippen LogP contribution is 2.38. The van der Waals surface area contributed by atoms with Crippen LogP contribution in [0.4, 0.5) is 5.82 Å². The number of aromatic nitrogens is 1. The van der Waals surface area contributed by atoms with Crippen molar-refractivity contribution in [3.8, 4) is 0 Å². The zero-order valence-corrected chi connectivity index (χ0v) is 20.2. The number of anilines is 1. The van der Waals surface area contributed by atoms with Crippen LogP contribution in [0.25, 0.3) is 5.76 Å². The second kappa shape index (κ2) is 9.30. The summed E-state index contributed by atoms with van der Waals surface area (Å²) in [5, 5.41) is 17.4. The van der Waals surface area contributed by atoms with Crippen LogP contribution in [0.5, 0.6) is 0 Å². The van der Waals surface area contributed by atoms with Crippen molar-refractivity contribution in [2.75, 3.05) is 12.4 Å². The van der Waals surface area contributed by atoms with Crippen LogP contribution in [-0.4, -0.2) is 35.9 Å². The van der Waals surface area contributed by atoms with Crippen molar-refractivity contribution >= 4 is 62.5 Å². The molecule has 0 saturated heterocycles. The van der Waals surface area contributed by atoms with E-state index < -0.39 is 21.5 Å². The Morgan fingerprint density at radius 3 is 2.67 bits per heavy atom. The summed E-state index contributed by atoms with van der Waals surface area (Å²) in [5.74, 6) is -1.40. The summed E-state index contributed by atoms with van der Waals surface area (Å²) in [7, 11) is -1.96. The average Bonchev–Trinajstić information content (AvgIpc) is 3.16. The third-order valence-corrected chi connectivity index (χ3v) is 7.91. The van der Waals surface area contributed by atoms with Crippen molar-refractivity contribution in [1.29, 1.82) is 0 Å². The molecule has 2 aromatic carbocycles. The Morgan fingerprint density at radius 2 is 1.91 bits per heavy atom. The number of benzene rings is 2. The summed E-state index contributed by atoms with van der Waals surface area (Å²) in [4.78, 5) is 13.6. The van der Waals surface area contributed by atoms with Gasteiger partial charge in [0.15, 0.2) is 32.9 Å². The van der Waals surface area contributed by atoms with Gasteiger partial charge in [-0.05, 0) is 41.8 Å². The van der Waals surface area contributed by atoms with Crippen LogP contribution in [0.1, 0.15) is 16.9 Å². The molecule has 2 heterocycles. The first-order chi connectivity index (χ1) is 15.6. The molecule has 1 aliphatic rings. The second-order valence-electron chi connectivity index (χ2n) is 7.20. The third-order valence-electron chi connectivity index (χ3n) is 4.67. The second-order valence-corrected chi connectivity index (χ2v) is 11.2. The van der Waals surface area contributed by atoms with Crippen molar-refractivity contribution in [3.05, 3.63) is 81.2 Å². The SMILES string of the molecule is CN1Sc2ccccc2C(O)=C1C(=O)Nc1cc(CS(=O)(=O)Cc2ccc(Cl)c(Cl)c2)on1. The minimum Gasteiger partial charge on any atom is -0.505 e. The predicted octanol–water partition coefficient (Wildman–Crippen LogP) is 4.91. The molecule has 172 valence electrons. The molecule has 0 bridgehead atoms. The Hall–Kier alpha value is -2.66. The number of amides is 1. The molecule has 4 rings (SSSR count). The van der Waals surface area contributed by atoms with Gasteiger partial charge in [0.25, 0.3) is 5.91 Å². The van der Waals surface area contributed by atoms with E-state index in [1.807, 2.05) is 12.1 Å². The van der Waals surface area contributed by atoms with Crippen LogP contribution in [-0.2, 0) is 26.1 Å². The third kappa shape index (κ3) is 5.30. The van der Waals surface area contributed by atoms with E-state index in [9.17, 15) is 18.3 Å². The Kier molecular flexibility index (Phi) is 6.62. The quantitative estimate of drug-likeness (QED) is 0.436. The molecule has 1 aromatic heterocycles. The fourth-order valence-corrected chi connectivity index (χ4v) is 5.87. The number of halogens is 2. The number of hydrogen-bond donors (Lipinski definition) is 2. The van der Waals surface area contributed by atoms with Gasteiger partial charge in [-0.2, -0.15) is 0 Å². The van der Waals surface area contributed by atoms with E-state index >= 15 is 0 Å². The standard InChI is InChI=1S/C21H17Cl2N3O5S2/c1-26-19(20(27)14-4-2-3-5-17(14)32-26)21(28)24-18-9-13(31-25-18)11-33(29,30)10-12-6-7-15(22)16(23)8-12/h2-9,27H,10-11H2,1H3,(H,24,25,28). The number of nitrogens with one attached hydrogen (secondary N) is 1. The van der Waals surface area contributed by atoms with E-state index in [0.717, 1.165) is 4.90 Å². The summed E-state index contributed by atoms with van der Waals surface area (Å²) in [6.07, 6.45) is 0. The summed E-state index contributed by atoms with van der Waals surface area (Å²) < 4.78 is 31.7. The lowest BCUT2D eigenvalue weighted by Crippen LogP contribution is -2.27. The first kappa shape index (κ1) is 23.5. The number of rotatable bonds is 6. The highest BCUT2D eigenvalue weighted by molar-refractivity contribution is 7.97. The molecule has 1 amide bonds. The molecule has 8 nitrogen and oxygen atoms in total. The Balaban J connectivity index is 1.46. The van der Waals surface area contributed by atoms with Crippen molar-refractivity contribution < 1.29 is 22.8 Å². The maximum Gasteiger partial charge on any atom is 0.277 e.